The van der Waals surface area contributed by atoms with Gasteiger partial charge in [-0.25, -0.2) is 4.98 Å². The van der Waals surface area contributed by atoms with Crippen molar-refractivity contribution < 1.29 is 0 Å². The monoisotopic (exact) mass is 616 g/mol. The molecule has 0 atom stereocenters. The van der Waals surface area contributed by atoms with E-state index in [2.05, 4.69) is 172 Å². The molecule has 0 saturated carbocycles. The topological polar surface area (TPSA) is 17.8 Å². The van der Waals surface area contributed by atoms with Crippen LogP contribution in [0.2, 0.25) is 0 Å². The molecule has 0 aliphatic carbocycles. The van der Waals surface area contributed by atoms with Gasteiger partial charge in [0.15, 0.2) is 0 Å². The predicted molar refractivity (Wildman–Crippen MR) is 205 cm³/mol. The SMILES string of the molecule is Cn1c(-c2ccc(-c3cc(-c4ccc(-c5ccccc5)cc4)c4ccc5cc(C(C)(C)C)cc6ccc3c4c56)cc2)nc2ccccc21. The van der Waals surface area contributed by atoms with E-state index >= 15 is 0 Å². The van der Waals surface area contributed by atoms with Crippen LogP contribution in [0.25, 0.3) is 88.1 Å². The molecule has 0 aliphatic rings. The fourth-order valence-corrected chi connectivity index (χ4v) is 7.50. The van der Waals surface area contributed by atoms with Crippen molar-refractivity contribution >= 4 is 43.4 Å². The number of aromatic nitrogens is 2. The third-order valence-electron chi connectivity index (χ3n) is 10.1. The predicted octanol–water partition coefficient (Wildman–Crippen LogP) is 12.4. The van der Waals surface area contributed by atoms with Crippen LogP contribution in [0.5, 0.6) is 0 Å². The number of fused-ring (bicyclic) bond motifs is 1. The summed E-state index contributed by atoms with van der Waals surface area (Å²) in [5.74, 6) is 0.979. The van der Waals surface area contributed by atoms with E-state index in [0.29, 0.717) is 0 Å². The minimum atomic E-state index is 0.0715. The van der Waals surface area contributed by atoms with E-state index in [0.717, 1.165) is 22.4 Å². The lowest BCUT2D eigenvalue weighted by atomic mass is 9.81. The maximum Gasteiger partial charge on any atom is 0.140 e. The first-order chi connectivity index (χ1) is 23.3. The van der Waals surface area contributed by atoms with Crippen molar-refractivity contribution in [2.24, 2.45) is 7.05 Å². The van der Waals surface area contributed by atoms with E-state index in [1.54, 1.807) is 0 Å². The molecule has 230 valence electrons. The summed E-state index contributed by atoms with van der Waals surface area (Å²) in [6.45, 7) is 6.89. The van der Waals surface area contributed by atoms with Gasteiger partial charge in [0.2, 0.25) is 0 Å². The molecule has 8 aromatic carbocycles. The van der Waals surface area contributed by atoms with Gasteiger partial charge in [0.05, 0.1) is 11.0 Å². The standard InChI is InChI=1S/C46H36N2/c1-46(2,3)36-26-34-22-24-37-39(31-16-14-30(15-17-31)29-10-6-5-7-11-29)28-40(38-25-23-35(27-36)43(34)44(37)38)32-18-20-33(21-19-32)45-47-41-12-8-9-13-42(41)48(45)4/h5-28H,1-4H3. The Bertz CT molecular complexity index is 2600. The van der Waals surface area contributed by atoms with Crippen molar-refractivity contribution in [2.45, 2.75) is 26.2 Å². The Morgan fingerprint density at radius 3 is 1.58 bits per heavy atom. The van der Waals surface area contributed by atoms with Crippen molar-refractivity contribution in [1.29, 1.82) is 0 Å². The van der Waals surface area contributed by atoms with Crippen LogP contribution in [0.15, 0.2) is 146 Å². The van der Waals surface area contributed by atoms with E-state index in [9.17, 15) is 0 Å². The second-order valence-corrected chi connectivity index (χ2v) is 14.1. The number of nitrogens with zero attached hydrogens (tertiary/aromatic N) is 2. The molecule has 1 aromatic heterocycles. The summed E-state index contributed by atoms with van der Waals surface area (Å²) in [6.07, 6.45) is 0. The lowest BCUT2D eigenvalue weighted by molar-refractivity contribution is 0.591. The molecule has 0 spiro atoms. The molecule has 0 aliphatic heterocycles. The number of para-hydroxylation sites is 2. The van der Waals surface area contributed by atoms with Crippen LogP contribution < -0.4 is 0 Å². The minimum absolute atomic E-state index is 0.0715. The van der Waals surface area contributed by atoms with E-state index in [4.69, 9.17) is 4.98 Å². The summed E-state index contributed by atoms with van der Waals surface area (Å²) in [5.41, 5.74) is 12.1. The van der Waals surface area contributed by atoms with Gasteiger partial charge in [-0.2, -0.15) is 0 Å². The van der Waals surface area contributed by atoms with Crippen LogP contribution in [0.3, 0.4) is 0 Å². The quantitative estimate of drug-likeness (QED) is 0.180. The second kappa shape index (κ2) is 10.7. The first-order valence-corrected chi connectivity index (χ1v) is 16.8. The Morgan fingerprint density at radius 1 is 0.479 bits per heavy atom. The average molecular weight is 617 g/mol. The first-order valence-electron chi connectivity index (χ1n) is 16.8. The van der Waals surface area contributed by atoms with Gasteiger partial charge in [-0.05, 0) is 94.9 Å². The molecule has 48 heavy (non-hydrogen) atoms. The largest absolute Gasteiger partial charge is 0.327 e. The Kier molecular flexibility index (Phi) is 6.32. The van der Waals surface area contributed by atoms with Crippen molar-refractivity contribution in [3.63, 3.8) is 0 Å². The normalized spacial score (nSPS) is 12.2. The molecule has 2 heteroatoms. The minimum Gasteiger partial charge on any atom is -0.327 e. The maximum atomic E-state index is 4.96. The highest BCUT2D eigenvalue weighted by molar-refractivity contribution is 6.28. The molecule has 0 unspecified atom stereocenters. The van der Waals surface area contributed by atoms with Crippen molar-refractivity contribution in [1.82, 2.24) is 9.55 Å². The van der Waals surface area contributed by atoms with Gasteiger partial charge in [-0.1, -0.05) is 148 Å². The highest BCUT2D eigenvalue weighted by Crippen LogP contribution is 2.45. The number of hydrogen-bond donors (Lipinski definition) is 0. The summed E-state index contributed by atoms with van der Waals surface area (Å²) in [5, 5.41) is 7.86. The second-order valence-electron chi connectivity index (χ2n) is 14.1. The van der Waals surface area contributed by atoms with Gasteiger partial charge < -0.3 is 4.57 Å². The van der Waals surface area contributed by atoms with Crippen LogP contribution in [0, 0.1) is 0 Å². The fraction of sp³-hybridized carbons (Fsp3) is 0.109. The number of aryl methyl sites for hydroxylation is 1. The number of benzene rings is 8. The zero-order chi connectivity index (χ0) is 32.6. The molecule has 0 bridgehead atoms. The van der Waals surface area contributed by atoms with Gasteiger partial charge in [0.1, 0.15) is 5.82 Å². The summed E-state index contributed by atoms with van der Waals surface area (Å²) in [7, 11) is 2.10. The van der Waals surface area contributed by atoms with Gasteiger partial charge in [0, 0.05) is 12.6 Å². The first kappa shape index (κ1) is 28.5. The summed E-state index contributed by atoms with van der Waals surface area (Å²) in [6, 6.07) is 53.5. The molecular formula is C46H36N2. The molecule has 0 radical (unpaired) electrons. The molecule has 9 rings (SSSR count). The van der Waals surface area contributed by atoms with E-state index in [1.807, 2.05) is 6.07 Å². The molecule has 9 aromatic rings. The molecular weight excluding hydrogens is 581 g/mol. The van der Waals surface area contributed by atoms with E-state index in [-0.39, 0.29) is 5.41 Å². The highest BCUT2D eigenvalue weighted by atomic mass is 15.1. The van der Waals surface area contributed by atoms with Crippen LogP contribution in [0.1, 0.15) is 26.3 Å². The maximum absolute atomic E-state index is 4.96. The average Bonchev–Trinajstić information content (AvgIpc) is 3.46. The molecule has 1 heterocycles. The zero-order valence-electron chi connectivity index (χ0n) is 27.8. The lowest BCUT2D eigenvalue weighted by Gasteiger charge is -2.23. The van der Waals surface area contributed by atoms with Gasteiger partial charge >= 0.3 is 0 Å². The van der Waals surface area contributed by atoms with Crippen LogP contribution >= 0.6 is 0 Å². The van der Waals surface area contributed by atoms with Crippen molar-refractivity contribution in [2.75, 3.05) is 0 Å². The Hall–Kier alpha value is -5.73. The third-order valence-corrected chi connectivity index (χ3v) is 10.1. The van der Waals surface area contributed by atoms with Crippen molar-refractivity contribution in [3.8, 4) is 44.8 Å². The van der Waals surface area contributed by atoms with Crippen LogP contribution in [0.4, 0.5) is 0 Å². The Labute approximate surface area is 281 Å². The summed E-state index contributed by atoms with van der Waals surface area (Å²) >= 11 is 0. The van der Waals surface area contributed by atoms with E-state index in [1.165, 1.54) is 71.3 Å². The highest BCUT2D eigenvalue weighted by Gasteiger charge is 2.20. The molecule has 0 fully saturated rings. The number of hydrogen-bond acceptors (Lipinski definition) is 1. The smallest absolute Gasteiger partial charge is 0.140 e. The fourth-order valence-electron chi connectivity index (χ4n) is 7.50. The Morgan fingerprint density at radius 2 is 1.00 bits per heavy atom. The van der Waals surface area contributed by atoms with E-state index < -0.39 is 0 Å². The summed E-state index contributed by atoms with van der Waals surface area (Å²) in [4.78, 5) is 4.96. The zero-order valence-corrected chi connectivity index (χ0v) is 27.8. The summed E-state index contributed by atoms with van der Waals surface area (Å²) < 4.78 is 2.18. The molecule has 0 N–H and O–H groups in total. The van der Waals surface area contributed by atoms with Gasteiger partial charge in [-0.3, -0.25) is 0 Å². The van der Waals surface area contributed by atoms with Crippen LogP contribution in [-0.2, 0) is 12.5 Å². The number of rotatable bonds is 4. The molecule has 0 amide bonds. The lowest BCUT2D eigenvalue weighted by Crippen LogP contribution is -2.10. The molecule has 2 nitrogen and oxygen atoms in total. The molecule has 0 saturated heterocycles. The Balaban J connectivity index is 1.26. The van der Waals surface area contributed by atoms with Gasteiger partial charge in [-0.15, -0.1) is 0 Å². The van der Waals surface area contributed by atoms with Crippen molar-refractivity contribution in [3.05, 3.63) is 151 Å². The third kappa shape index (κ3) is 4.52. The van der Waals surface area contributed by atoms with Crippen LogP contribution in [-0.4, -0.2) is 9.55 Å². The van der Waals surface area contributed by atoms with Gasteiger partial charge in [0.25, 0.3) is 0 Å². The number of imidazole rings is 1.